The maximum atomic E-state index is 12.7. The minimum Gasteiger partial charge on any atom is -0.403 e. The summed E-state index contributed by atoms with van der Waals surface area (Å²) in [4.78, 5) is 48.7. The SMILES string of the molecule is CCCCC(C)c1c(C(N)=O)c(-c2ccc(OP(=O)(O)O)c(Cl)c2)c(C)n1CCCOP(=O)(O)O. The molecule has 1 heterocycles. The zero-order valence-electron chi connectivity index (χ0n) is 19.7. The van der Waals surface area contributed by atoms with E-state index in [-0.39, 0.29) is 29.7 Å². The van der Waals surface area contributed by atoms with Crippen molar-refractivity contribution in [2.45, 2.75) is 58.9 Å². The molecule has 196 valence electrons. The molecule has 0 radical (unpaired) electrons. The minimum atomic E-state index is -4.82. The predicted octanol–water partition coefficient (Wildman–Crippen LogP) is 4.48. The van der Waals surface area contributed by atoms with Gasteiger partial charge in [0.2, 0.25) is 0 Å². The van der Waals surface area contributed by atoms with Gasteiger partial charge < -0.3 is 24.6 Å². The number of phosphoric acid groups is 2. The van der Waals surface area contributed by atoms with Crippen LogP contribution in [0.5, 0.6) is 5.75 Å². The number of unbranched alkanes of at least 4 members (excludes halogenated alkanes) is 1. The fourth-order valence-corrected chi connectivity index (χ4v) is 5.13. The Morgan fingerprint density at radius 2 is 1.83 bits per heavy atom. The summed E-state index contributed by atoms with van der Waals surface area (Å²) in [6.07, 6.45) is 2.92. The fraction of sp³-hybridized carbons (Fsp3) is 0.476. The number of nitrogens with two attached hydrogens (primary N) is 1. The molecule has 1 aromatic carbocycles. The van der Waals surface area contributed by atoms with E-state index < -0.39 is 21.6 Å². The molecule has 0 fully saturated rings. The van der Waals surface area contributed by atoms with E-state index in [4.69, 9.17) is 36.9 Å². The third-order valence-corrected chi connectivity index (χ3v) is 6.74. The van der Waals surface area contributed by atoms with Gasteiger partial charge in [0.25, 0.3) is 5.91 Å². The second kappa shape index (κ2) is 12.0. The van der Waals surface area contributed by atoms with Gasteiger partial charge in [-0.3, -0.25) is 19.1 Å². The molecule has 14 heteroatoms. The number of phosphoric ester groups is 2. The fourth-order valence-electron chi connectivity index (χ4n) is 4.07. The van der Waals surface area contributed by atoms with E-state index >= 15 is 0 Å². The second-order valence-corrected chi connectivity index (χ2v) is 11.0. The van der Waals surface area contributed by atoms with Crippen LogP contribution < -0.4 is 10.3 Å². The van der Waals surface area contributed by atoms with Crippen LogP contribution in [0.1, 0.15) is 67.2 Å². The number of primary amides is 1. The molecule has 0 aliphatic carbocycles. The van der Waals surface area contributed by atoms with Crippen molar-refractivity contribution in [2.24, 2.45) is 5.73 Å². The first-order chi connectivity index (χ1) is 16.2. The summed E-state index contributed by atoms with van der Waals surface area (Å²) in [5.74, 6) is -0.925. The highest BCUT2D eigenvalue weighted by Gasteiger charge is 2.28. The van der Waals surface area contributed by atoms with E-state index in [2.05, 4.69) is 16.0 Å². The molecule has 0 saturated carbocycles. The molecule has 1 unspecified atom stereocenters. The maximum Gasteiger partial charge on any atom is 0.524 e. The predicted molar refractivity (Wildman–Crippen MR) is 131 cm³/mol. The molecule has 0 aliphatic rings. The van der Waals surface area contributed by atoms with Gasteiger partial charge in [-0.2, -0.15) is 0 Å². The lowest BCUT2D eigenvalue weighted by Gasteiger charge is -2.18. The third kappa shape index (κ3) is 8.17. The highest BCUT2D eigenvalue weighted by molar-refractivity contribution is 7.46. The largest absolute Gasteiger partial charge is 0.524 e. The normalized spacial score (nSPS) is 13.1. The average molecular weight is 553 g/mol. The molecule has 2 rings (SSSR count). The monoisotopic (exact) mass is 552 g/mol. The number of hydrogen-bond acceptors (Lipinski definition) is 5. The van der Waals surface area contributed by atoms with Crippen LogP contribution in [0.15, 0.2) is 18.2 Å². The van der Waals surface area contributed by atoms with Crippen molar-refractivity contribution < 1.29 is 42.5 Å². The molecular weight excluding hydrogens is 522 g/mol. The van der Waals surface area contributed by atoms with Gasteiger partial charge in [-0.15, -0.1) is 0 Å². The second-order valence-electron chi connectivity index (χ2n) is 8.18. The lowest BCUT2D eigenvalue weighted by Crippen LogP contribution is -2.17. The highest BCUT2D eigenvalue weighted by Crippen LogP contribution is 2.44. The van der Waals surface area contributed by atoms with Gasteiger partial charge >= 0.3 is 15.6 Å². The first-order valence-corrected chi connectivity index (χ1v) is 14.4. The molecular formula is C21H31ClN2O9P2. The van der Waals surface area contributed by atoms with Crippen LogP contribution >= 0.6 is 27.2 Å². The smallest absolute Gasteiger partial charge is 0.403 e. The van der Waals surface area contributed by atoms with E-state index in [1.807, 2.05) is 11.5 Å². The van der Waals surface area contributed by atoms with Crippen LogP contribution in [-0.4, -0.2) is 36.7 Å². The van der Waals surface area contributed by atoms with E-state index in [0.29, 0.717) is 34.6 Å². The Kier molecular flexibility index (Phi) is 10.2. The lowest BCUT2D eigenvalue weighted by molar-refractivity contribution is 0.0999. The van der Waals surface area contributed by atoms with Crippen LogP contribution in [0.2, 0.25) is 5.02 Å². The van der Waals surface area contributed by atoms with Gasteiger partial charge in [0, 0.05) is 23.5 Å². The molecule has 1 aromatic heterocycles. The molecule has 0 saturated heterocycles. The molecule has 6 N–H and O–H groups in total. The molecule has 35 heavy (non-hydrogen) atoms. The van der Waals surface area contributed by atoms with Gasteiger partial charge in [0.1, 0.15) is 5.75 Å². The Hall–Kier alpha value is -1.68. The van der Waals surface area contributed by atoms with Crippen LogP contribution in [0.3, 0.4) is 0 Å². The summed E-state index contributed by atoms with van der Waals surface area (Å²) in [7, 11) is -9.43. The molecule has 2 aromatic rings. The Balaban J connectivity index is 2.61. The van der Waals surface area contributed by atoms with E-state index in [1.54, 1.807) is 6.92 Å². The number of amides is 1. The number of nitrogens with zero attached hydrogens (tertiary/aromatic N) is 1. The highest BCUT2D eigenvalue weighted by atomic mass is 35.5. The van der Waals surface area contributed by atoms with Gasteiger partial charge in [0.05, 0.1) is 17.2 Å². The topological polar surface area (TPSA) is 182 Å². The van der Waals surface area contributed by atoms with Crippen molar-refractivity contribution in [2.75, 3.05) is 6.61 Å². The van der Waals surface area contributed by atoms with E-state index in [9.17, 15) is 13.9 Å². The van der Waals surface area contributed by atoms with Crippen molar-refractivity contribution >= 4 is 33.2 Å². The van der Waals surface area contributed by atoms with Gasteiger partial charge in [-0.25, -0.2) is 9.13 Å². The lowest BCUT2D eigenvalue weighted by atomic mass is 9.93. The first-order valence-electron chi connectivity index (χ1n) is 10.9. The Bertz CT molecular complexity index is 1160. The Labute approximate surface area is 208 Å². The Morgan fingerprint density at radius 3 is 2.34 bits per heavy atom. The van der Waals surface area contributed by atoms with Crippen molar-refractivity contribution in [1.82, 2.24) is 4.57 Å². The van der Waals surface area contributed by atoms with Crippen molar-refractivity contribution in [3.05, 3.63) is 40.2 Å². The quantitative estimate of drug-likeness (QED) is 0.177. The first kappa shape index (κ1) is 29.5. The zero-order chi connectivity index (χ0) is 26.6. The van der Waals surface area contributed by atoms with Crippen molar-refractivity contribution in [3.8, 4) is 16.9 Å². The summed E-state index contributed by atoms with van der Waals surface area (Å²) in [6.45, 7) is 5.94. The number of carbonyl (C=O) groups excluding carboxylic acids is 1. The van der Waals surface area contributed by atoms with Crippen LogP contribution in [-0.2, 0) is 20.2 Å². The number of carbonyl (C=O) groups is 1. The summed E-state index contributed by atoms with van der Waals surface area (Å²) >= 11 is 6.21. The molecule has 1 amide bonds. The van der Waals surface area contributed by atoms with Crippen molar-refractivity contribution in [1.29, 1.82) is 0 Å². The molecule has 1 atom stereocenters. The number of rotatable bonds is 13. The summed E-state index contributed by atoms with van der Waals surface area (Å²) in [5, 5.41) is -0.0657. The van der Waals surface area contributed by atoms with Gasteiger partial charge in [0.15, 0.2) is 0 Å². The molecule has 0 bridgehead atoms. The Morgan fingerprint density at radius 1 is 1.17 bits per heavy atom. The summed E-state index contributed by atoms with van der Waals surface area (Å²) < 4.78 is 33.3. The third-order valence-electron chi connectivity index (χ3n) is 5.49. The molecule has 11 nitrogen and oxygen atoms in total. The van der Waals surface area contributed by atoms with Gasteiger partial charge in [-0.05, 0) is 43.4 Å². The van der Waals surface area contributed by atoms with Crippen LogP contribution in [0.25, 0.3) is 11.1 Å². The minimum absolute atomic E-state index is 0.0552. The van der Waals surface area contributed by atoms with E-state index in [1.165, 1.54) is 18.2 Å². The van der Waals surface area contributed by atoms with Crippen LogP contribution in [0, 0.1) is 6.92 Å². The maximum absolute atomic E-state index is 12.7. The summed E-state index contributed by atoms with van der Waals surface area (Å²) in [6, 6.07) is 4.25. The van der Waals surface area contributed by atoms with Crippen molar-refractivity contribution in [3.63, 3.8) is 0 Å². The number of halogens is 1. The molecule has 0 aliphatic heterocycles. The summed E-state index contributed by atoms with van der Waals surface area (Å²) in [5.41, 5.74) is 8.49. The number of aromatic nitrogens is 1. The van der Waals surface area contributed by atoms with Crippen LogP contribution in [0.4, 0.5) is 0 Å². The number of benzene rings is 1. The standard InChI is InChI=1S/C21H31ClN2O9P2/c1-4-5-7-13(2)20-19(21(23)25)18(14(3)24(20)10-6-11-32-34(26,27)28)15-8-9-17(16(22)12-15)33-35(29,30)31/h8-9,12-13H,4-7,10-11H2,1-3H3,(H2,23,25)(H2,26,27,28)(H2,29,30,31). The molecule has 0 spiro atoms. The zero-order valence-corrected chi connectivity index (χ0v) is 22.2. The van der Waals surface area contributed by atoms with E-state index in [0.717, 1.165) is 19.3 Å². The number of hydrogen-bond donors (Lipinski definition) is 5. The average Bonchev–Trinajstić information content (AvgIpc) is 3.02. The van der Waals surface area contributed by atoms with Gasteiger partial charge in [-0.1, -0.05) is 44.4 Å².